The molecular formula is C21H21FO2. The van der Waals surface area contributed by atoms with E-state index in [-0.39, 0.29) is 11.7 Å². The van der Waals surface area contributed by atoms with Gasteiger partial charge in [-0.15, -0.1) is 0 Å². The Labute approximate surface area is 142 Å². The summed E-state index contributed by atoms with van der Waals surface area (Å²) in [6, 6.07) is 12.8. The van der Waals surface area contributed by atoms with Gasteiger partial charge >= 0.3 is 5.97 Å². The molecule has 0 fully saturated rings. The number of hydrogen-bond donors (Lipinski definition) is 0. The van der Waals surface area contributed by atoms with Crippen LogP contribution in [0, 0.1) is 5.82 Å². The van der Waals surface area contributed by atoms with E-state index in [1.807, 2.05) is 38.1 Å². The van der Waals surface area contributed by atoms with Crippen LogP contribution >= 0.6 is 0 Å². The zero-order valence-corrected chi connectivity index (χ0v) is 14.2. The van der Waals surface area contributed by atoms with Gasteiger partial charge in [-0.2, -0.15) is 0 Å². The van der Waals surface area contributed by atoms with Gasteiger partial charge < -0.3 is 4.74 Å². The minimum atomic E-state index is -0.773. The molecule has 2 aromatic carbocycles. The lowest BCUT2D eigenvalue weighted by atomic mass is 9.79. The molecule has 1 aliphatic rings. The Kier molecular flexibility index (Phi) is 4.04. The van der Waals surface area contributed by atoms with Crippen molar-refractivity contribution in [1.82, 2.24) is 0 Å². The van der Waals surface area contributed by atoms with Gasteiger partial charge in [-0.25, -0.2) is 9.18 Å². The highest BCUT2D eigenvalue weighted by Gasteiger charge is 2.44. The van der Waals surface area contributed by atoms with E-state index in [4.69, 9.17) is 4.74 Å². The Hall–Kier alpha value is -2.42. The third-order valence-electron chi connectivity index (χ3n) is 4.87. The molecule has 0 aromatic heterocycles. The summed E-state index contributed by atoms with van der Waals surface area (Å²) in [7, 11) is 0. The highest BCUT2D eigenvalue weighted by Crippen LogP contribution is 2.51. The van der Waals surface area contributed by atoms with Gasteiger partial charge in [-0.1, -0.05) is 43.8 Å². The number of halogens is 1. The molecule has 1 aliphatic carbocycles. The first-order valence-electron chi connectivity index (χ1n) is 8.15. The second-order valence-corrected chi connectivity index (χ2v) is 6.59. The van der Waals surface area contributed by atoms with E-state index in [1.54, 1.807) is 19.1 Å². The molecule has 0 spiro atoms. The third-order valence-corrected chi connectivity index (χ3v) is 4.87. The molecule has 2 atom stereocenters. The standard InChI is InChI=1S/C21H21FO2/c1-5-21(4,24-20(23)13(2)3)19-17-9-7-6-8-15(17)16-11-10-14(22)12-18(16)19/h6-12,19H,2,5H2,1,3-4H3. The molecule has 2 aromatic rings. The van der Waals surface area contributed by atoms with Crippen LogP contribution in [0.5, 0.6) is 0 Å². The number of carbonyl (C=O) groups is 1. The van der Waals surface area contributed by atoms with Gasteiger partial charge in [-0.05, 0) is 54.7 Å². The van der Waals surface area contributed by atoms with Gasteiger partial charge in [0, 0.05) is 11.5 Å². The first kappa shape index (κ1) is 16.4. The summed E-state index contributed by atoms with van der Waals surface area (Å²) in [5.41, 5.74) is 3.60. The van der Waals surface area contributed by atoms with Crippen molar-refractivity contribution < 1.29 is 13.9 Å². The number of fused-ring (bicyclic) bond motifs is 3. The molecule has 0 N–H and O–H groups in total. The molecule has 3 heteroatoms. The number of hydrogen-bond acceptors (Lipinski definition) is 2. The number of ether oxygens (including phenoxy) is 1. The van der Waals surface area contributed by atoms with E-state index in [9.17, 15) is 9.18 Å². The van der Waals surface area contributed by atoms with Crippen LogP contribution in [0.2, 0.25) is 0 Å². The van der Waals surface area contributed by atoms with Crippen molar-refractivity contribution in [3.05, 3.63) is 71.6 Å². The van der Waals surface area contributed by atoms with Crippen molar-refractivity contribution in [3.8, 4) is 11.1 Å². The summed E-state index contributed by atoms with van der Waals surface area (Å²) in [6.45, 7) is 9.19. The third kappa shape index (κ3) is 2.54. The summed E-state index contributed by atoms with van der Waals surface area (Å²) in [4.78, 5) is 12.2. The molecular weight excluding hydrogens is 303 g/mol. The average molecular weight is 324 g/mol. The van der Waals surface area contributed by atoms with E-state index in [0.29, 0.717) is 12.0 Å². The minimum Gasteiger partial charge on any atom is -0.455 e. The molecule has 0 saturated carbocycles. The second-order valence-electron chi connectivity index (χ2n) is 6.59. The fourth-order valence-electron chi connectivity index (χ4n) is 3.47. The maximum atomic E-state index is 13.9. The van der Waals surface area contributed by atoms with Crippen LogP contribution in [0.25, 0.3) is 11.1 Å². The van der Waals surface area contributed by atoms with Crippen molar-refractivity contribution in [3.63, 3.8) is 0 Å². The van der Waals surface area contributed by atoms with Crippen molar-refractivity contribution >= 4 is 5.97 Å². The lowest BCUT2D eigenvalue weighted by molar-refractivity contribution is -0.154. The van der Waals surface area contributed by atoms with E-state index in [0.717, 1.165) is 22.3 Å². The van der Waals surface area contributed by atoms with Crippen molar-refractivity contribution in [2.45, 2.75) is 38.7 Å². The van der Waals surface area contributed by atoms with Crippen molar-refractivity contribution in [1.29, 1.82) is 0 Å². The van der Waals surface area contributed by atoms with Crippen LogP contribution in [-0.4, -0.2) is 11.6 Å². The summed E-state index contributed by atoms with van der Waals surface area (Å²) < 4.78 is 19.7. The van der Waals surface area contributed by atoms with Gasteiger partial charge in [0.05, 0.1) is 0 Å². The maximum Gasteiger partial charge on any atom is 0.333 e. The molecule has 0 radical (unpaired) electrons. The van der Waals surface area contributed by atoms with Crippen molar-refractivity contribution in [2.24, 2.45) is 0 Å². The highest BCUT2D eigenvalue weighted by atomic mass is 19.1. The van der Waals surface area contributed by atoms with Crippen LogP contribution in [0.4, 0.5) is 4.39 Å². The Bertz CT molecular complexity index is 824. The predicted octanol–water partition coefficient (Wildman–Crippen LogP) is 5.23. The van der Waals surface area contributed by atoms with E-state index >= 15 is 0 Å². The van der Waals surface area contributed by atoms with Gasteiger partial charge in [0.1, 0.15) is 11.4 Å². The maximum absolute atomic E-state index is 13.9. The summed E-state index contributed by atoms with van der Waals surface area (Å²) >= 11 is 0. The highest BCUT2D eigenvalue weighted by molar-refractivity contribution is 5.88. The number of rotatable bonds is 4. The van der Waals surface area contributed by atoms with Gasteiger partial charge in [0.15, 0.2) is 0 Å². The molecule has 0 amide bonds. The monoisotopic (exact) mass is 324 g/mol. The Morgan fingerprint density at radius 2 is 1.88 bits per heavy atom. The first-order valence-corrected chi connectivity index (χ1v) is 8.15. The lowest BCUT2D eigenvalue weighted by Crippen LogP contribution is -2.38. The molecule has 24 heavy (non-hydrogen) atoms. The molecule has 0 aliphatic heterocycles. The first-order chi connectivity index (χ1) is 11.4. The summed E-state index contributed by atoms with van der Waals surface area (Å²) in [5.74, 6) is -0.898. The zero-order chi connectivity index (χ0) is 17.5. The van der Waals surface area contributed by atoms with Crippen LogP contribution in [-0.2, 0) is 9.53 Å². The fraction of sp³-hybridized carbons (Fsp3) is 0.286. The topological polar surface area (TPSA) is 26.3 Å². The molecule has 2 unspecified atom stereocenters. The Morgan fingerprint density at radius 1 is 1.21 bits per heavy atom. The molecule has 3 rings (SSSR count). The second kappa shape index (κ2) is 5.90. The molecule has 0 saturated heterocycles. The SMILES string of the molecule is C=C(C)C(=O)OC(C)(CC)C1c2ccccc2-c2ccc(F)cc21. The summed E-state index contributed by atoms with van der Waals surface area (Å²) in [5, 5.41) is 0. The van der Waals surface area contributed by atoms with Crippen LogP contribution in [0.1, 0.15) is 44.2 Å². The van der Waals surface area contributed by atoms with E-state index < -0.39 is 11.6 Å². The Balaban J connectivity index is 2.17. The van der Waals surface area contributed by atoms with Gasteiger partial charge in [0.25, 0.3) is 0 Å². The number of esters is 1. The van der Waals surface area contributed by atoms with Gasteiger partial charge in [0.2, 0.25) is 0 Å². The molecule has 124 valence electrons. The zero-order valence-electron chi connectivity index (χ0n) is 14.2. The summed E-state index contributed by atoms with van der Waals surface area (Å²) in [6.07, 6.45) is 0.612. The quantitative estimate of drug-likeness (QED) is 0.569. The smallest absolute Gasteiger partial charge is 0.333 e. The lowest BCUT2D eigenvalue weighted by Gasteiger charge is -2.35. The largest absolute Gasteiger partial charge is 0.455 e. The Morgan fingerprint density at radius 3 is 2.54 bits per heavy atom. The predicted molar refractivity (Wildman–Crippen MR) is 93.3 cm³/mol. The van der Waals surface area contributed by atoms with E-state index in [1.165, 1.54) is 6.07 Å². The number of benzene rings is 2. The van der Waals surface area contributed by atoms with E-state index in [2.05, 4.69) is 6.58 Å². The fourth-order valence-corrected chi connectivity index (χ4v) is 3.47. The number of carbonyl (C=O) groups excluding carboxylic acids is 1. The van der Waals surface area contributed by atoms with Crippen LogP contribution in [0.3, 0.4) is 0 Å². The average Bonchev–Trinajstić information content (AvgIpc) is 2.88. The normalized spacial score (nSPS) is 17.6. The molecule has 0 heterocycles. The van der Waals surface area contributed by atoms with Crippen LogP contribution < -0.4 is 0 Å². The van der Waals surface area contributed by atoms with Crippen LogP contribution in [0.15, 0.2) is 54.6 Å². The van der Waals surface area contributed by atoms with Gasteiger partial charge in [-0.3, -0.25) is 0 Å². The minimum absolute atomic E-state index is 0.201. The molecule has 2 nitrogen and oxygen atoms in total. The van der Waals surface area contributed by atoms with Crippen molar-refractivity contribution in [2.75, 3.05) is 0 Å². The molecule has 0 bridgehead atoms.